The summed E-state index contributed by atoms with van der Waals surface area (Å²) < 4.78 is 53.1. The topological polar surface area (TPSA) is 72.2 Å². The summed E-state index contributed by atoms with van der Waals surface area (Å²) in [5.41, 5.74) is -0.0266. The summed E-state index contributed by atoms with van der Waals surface area (Å²) in [4.78, 5) is 26.1. The van der Waals surface area contributed by atoms with Gasteiger partial charge in [-0.1, -0.05) is 12.1 Å². The molecular weight excluding hydrogens is 394 g/mol. The minimum atomic E-state index is -4.69. The summed E-state index contributed by atoms with van der Waals surface area (Å²) in [6, 6.07) is 5.36. The molecule has 1 aromatic heterocycles. The molecule has 1 aliphatic heterocycles. The lowest BCUT2D eigenvalue weighted by atomic mass is 10.1. The maximum Gasteiger partial charge on any atom is 0.451 e. The van der Waals surface area contributed by atoms with Crippen molar-refractivity contribution < 1.29 is 22.4 Å². The Kier molecular flexibility index (Phi) is 6.06. The largest absolute Gasteiger partial charge is 0.451 e. The second kappa shape index (κ2) is 8.36. The predicted molar refractivity (Wildman–Crippen MR) is 95.4 cm³/mol. The van der Waals surface area contributed by atoms with Gasteiger partial charge in [0.1, 0.15) is 5.82 Å². The van der Waals surface area contributed by atoms with E-state index < -0.39 is 23.7 Å². The summed E-state index contributed by atoms with van der Waals surface area (Å²) >= 11 is 0. The first-order chi connectivity index (χ1) is 13.6. The second-order valence-corrected chi connectivity index (χ2v) is 7.02. The molecule has 1 amide bonds. The number of piperidine rings is 1. The number of carbonyl (C=O) groups excluding carboxylic acids is 1. The number of alkyl halides is 3. The lowest BCUT2D eigenvalue weighted by Crippen LogP contribution is -2.43. The Labute approximate surface area is 163 Å². The Morgan fingerprint density at radius 3 is 2.38 bits per heavy atom. The van der Waals surface area contributed by atoms with E-state index in [1.165, 1.54) is 12.1 Å². The van der Waals surface area contributed by atoms with Crippen molar-refractivity contribution in [2.45, 2.75) is 31.6 Å². The Balaban J connectivity index is 1.51. The van der Waals surface area contributed by atoms with Crippen LogP contribution >= 0.6 is 0 Å². The van der Waals surface area contributed by atoms with Crippen LogP contribution in [0.2, 0.25) is 0 Å². The van der Waals surface area contributed by atoms with Gasteiger partial charge in [-0.05, 0) is 30.5 Å². The van der Waals surface area contributed by atoms with Gasteiger partial charge in [0.05, 0.1) is 12.6 Å². The van der Waals surface area contributed by atoms with E-state index in [-0.39, 0.29) is 24.8 Å². The van der Waals surface area contributed by atoms with Crippen molar-refractivity contribution >= 4 is 5.91 Å². The zero-order valence-corrected chi connectivity index (χ0v) is 15.7. The van der Waals surface area contributed by atoms with Crippen LogP contribution in [0.3, 0.4) is 0 Å². The number of carbonyl (C=O) groups is 1. The van der Waals surface area contributed by atoms with Crippen molar-refractivity contribution in [3.63, 3.8) is 0 Å². The quantitative estimate of drug-likeness (QED) is 0.755. The Morgan fingerprint density at radius 1 is 1.21 bits per heavy atom. The van der Waals surface area contributed by atoms with Crippen molar-refractivity contribution in [3.8, 4) is 0 Å². The van der Waals surface area contributed by atoms with Crippen LogP contribution < -0.4 is 11.0 Å². The van der Waals surface area contributed by atoms with Gasteiger partial charge < -0.3 is 5.32 Å². The number of halogens is 4. The number of rotatable bonds is 5. The van der Waals surface area contributed by atoms with Crippen LogP contribution in [-0.2, 0) is 24.6 Å². The van der Waals surface area contributed by atoms with Crippen molar-refractivity contribution in [2.24, 2.45) is 7.05 Å². The summed E-state index contributed by atoms with van der Waals surface area (Å²) in [6.07, 6.45) is -3.86. The highest BCUT2D eigenvalue weighted by molar-refractivity contribution is 5.78. The fourth-order valence-corrected chi connectivity index (χ4v) is 3.32. The monoisotopic (exact) mass is 415 g/mol. The molecule has 7 nitrogen and oxygen atoms in total. The van der Waals surface area contributed by atoms with Crippen LogP contribution in [0, 0.1) is 5.82 Å². The highest BCUT2D eigenvalue weighted by Gasteiger charge is 2.39. The minimum absolute atomic E-state index is 0.138. The predicted octanol–water partition coefficient (Wildman–Crippen LogP) is 1.69. The standard InChI is InChI=1S/C18H21F4N5O2/c1-25-16(18(20,21)22)24-27(17(25)29)14-6-8-26(9-7-14)11-15(28)23-10-12-2-4-13(19)5-3-12/h2-5,14H,6-11H2,1H3,(H,23,28). The first kappa shape index (κ1) is 21.0. The molecule has 0 radical (unpaired) electrons. The zero-order chi connectivity index (χ0) is 21.2. The molecule has 1 aliphatic rings. The molecule has 1 saturated heterocycles. The van der Waals surface area contributed by atoms with Gasteiger partial charge in [0.15, 0.2) is 0 Å². The average Bonchev–Trinajstić information content (AvgIpc) is 2.97. The molecule has 158 valence electrons. The maximum absolute atomic E-state index is 12.9. The molecule has 1 N–H and O–H groups in total. The molecule has 0 spiro atoms. The van der Waals surface area contributed by atoms with E-state index in [1.807, 2.05) is 4.90 Å². The number of hydrogen-bond acceptors (Lipinski definition) is 4. The number of likely N-dealkylation sites (tertiary alicyclic amines) is 1. The van der Waals surface area contributed by atoms with E-state index in [0.717, 1.165) is 17.3 Å². The Morgan fingerprint density at radius 2 is 1.83 bits per heavy atom. The van der Waals surface area contributed by atoms with Crippen LogP contribution in [0.25, 0.3) is 0 Å². The van der Waals surface area contributed by atoms with E-state index in [1.54, 1.807) is 12.1 Å². The van der Waals surface area contributed by atoms with Gasteiger partial charge in [0.2, 0.25) is 11.7 Å². The Bertz CT molecular complexity index is 912. The molecule has 3 rings (SSSR count). The number of nitrogens with one attached hydrogen (secondary N) is 1. The third-order valence-electron chi connectivity index (χ3n) is 4.93. The molecule has 0 atom stereocenters. The second-order valence-electron chi connectivity index (χ2n) is 7.02. The van der Waals surface area contributed by atoms with E-state index >= 15 is 0 Å². The fraction of sp³-hybridized carbons (Fsp3) is 0.500. The van der Waals surface area contributed by atoms with Crippen molar-refractivity contribution in [2.75, 3.05) is 19.6 Å². The molecular formula is C18H21F4N5O2. The van der Waals surface area contributed by atoms with E-state index in [4.69, 9.17) is 0 Å². The molecule has 1 fully saturated rings. The average molecular weight is 415 g/mol. The van der Waals surface area contributed by atoms with Gasteiger partial charge >= 0.3 is 11.9 Å². The number of hydrogen-bond donors (Lipinski definition) is 1. The third-order valence-corrected chi connectivity index (χ3v) is 4.93. The lowest BCUT2D eigenvalue weighted by molar-refractivity contribution is -0.147. The number of aromatic nitrogens is 3. The molecule has 0 saturated carbocycles. The Hall–Kier alpha value is -2.69. The number of benzene rings is 1. The van der Waals surface area contributed by atoms with Crippen LogP contribution in [-0.4, -0.2) is 44.8 Å². The summed E-state index contributed by atoms with van der Waals surface area (Å²) in [7, 11) is 1.05. The van der Waals surface area contributed by atoms with Gasteiger partial charge in [-0.15, -0.1) is 5.10 Å². The lowest BCUT2D eigenvalue weighted by Gasteiger charge is -2.31. The first-order valence-electron chi connectivity index (χ1n) is 9.11. The normalized spacial score (nSPS) is 16.2. The number of nitrogens with zero attached hydrogens (tertiary/aromatic N) is 4. The van der Waals surface area contributed by atoms with Gasteiger partial charge in [-0.25, -0.2) is 13.9 Å². The highest BCUT2D eigenvalue weighted by Crippen LogP contribution is 2.28. The highest BCUT2D eigenvalue weighted by atomic mass is 19.4. The van der Waals surface area contributed by atoms with Crippen molar-refractivity contribution in [1.82, 2.24) is 24.6 Å². The summed E-state index contributed by atoms with van der Waals surface area (Å²) in [5.74, 6) is -1.77. The molecule has 0 unspecified atom stereocenters. The van der Waals surface area contributed by atoms with Crippen LogP contribution in [0.5, 0.6) is 0 Å². The first-order valence-corrected chi connectivity index (χ1v) is 9.11. The number of amides is 1. The van der Waals surface area contributed by atoms with Gasteiger partial charge in [-0.3, -0.25) is 14.3 Å². The van der Waals surface area contributed by atoms with E-state index in [9.17, 15) is 27.2 Å². The van der Waals surface area contributed by atoms with Crippen molar-refractivity contribution in [1.29, 1.82) is 0 Å². The molecule has 2 heterocycles. The van der Waals surface area contributed by atoms with Gasteiger partial charge in [0.25, 0.3) is 0 Å². The van der Waals surface area contributed by atoms with Gasteiger partial charge in [0, 0.05) is 26.7 Å². The van der Waals surface area contributed by atoms with E-state index in [0.29, 0.717) is 30.5 Å². The van der Waals surface area contributed by atoms with Crippen LogP contribution in [0.4, 0.5) is 17.6 Å². The fourth-order valence-electron chi connectivity index (χ4n) is 3.32. The van der Waals surface area contributed by atoms with Crippen LogP contribution in [0.1, 0.15) is 30.3 Å². The third kappa shape index (κ3) is 5.03. The molecule has 11 heteroatoms. The smallest absolute Gasteiger partial charge is 0.351 e. The maximum atomic E-state index is 12.9. The SMILES string of the molecule is Cn1c(C(F)(F)F)nn(C2CCN(CC(=O)NCc3ccc(F)cc3)CC2)c1=O. The van der Waals surface area contributed by atoms with E-state index in [2.05, 4.69) is 10.4 Å². The summed E-state index contributed by atoms with van der Waals surface area (Å²) in [5, 5.41) is 6.22. The minimum Gasteiger partial charge on any atom is -0.351 e. The van der Waals surface area contributed by atoms with Gasteiger partial charge in [-0.2, -0.15) is 13.2 Å². The molecule has 2 aromatic rings. The van der Waals surface area contributed by atoms with Crippen molar-refractivity contribution in [3.05, 3.63) is 52.0 Å². The molecule has 29 heavy (non-hydrogen) atoms. The summed E-state index contributed by atoms with van der Waals surface area (Å²) in [6.45, 7) is 1.33. The van der Waals surface area contributed by atoms with Crippen LogP contribution in [0.15, 0.2) is 29.1 Å². The molecule has 1 aromatic carbocycles. The molecule has 0 aliphatic carbocycles. The zero-order valence-electron chi connectivity index (χ0n) is 15.7. The molecule has 0 bridgehead atoms.